The first-order chi connectivity index (χ1) is 12.4. The predicted octanol–water partition coefficient (Wildman–Crippen LogP) is 4.20. The number of Topliss-reactive ketones (excluding diaryl/α,β-unsaturated/α-hetero) is 1. The van der Waals surface area contributed by atoms with E-state index in [-0.39, 0.29) is 17.3 Å². The van der Waals surface area contributed by atoms with E-state index in [1.165, 1.54) is 16.6 Å². The van der Waals surface area contributed by atoms with E-state index in [0.29, 0.717) is 28.2 Å². The van der Waals surface area contributed by atoms with Gasteiger partial charge in [-0.15, -0.1) is 11.3 Å². The summed E-state index contributed by atoms with van der Waals surface area (Å²) in [5, 5.41) is 4.24. The molecule has 1 unspecified atom stereocenters. The van der Waals surface area contributed by atoms with Crippen LogP contribution in [-0.2, 0) is 4.79 Å². The van der Waals surface area contributed by atoms with E-state index < -0.39 is 0 Å². The van der Waals surface area contributed by atoms with Crippen LogP contribution >= 0.6 is 23.1 Å². The third-order valence-corrected chi connectivity index (χ3v) is 6.58. The minimum Gasteiger partial charge on any atom is -0.343 e. The monoisotopic (exact) mass is 387 g/mol. The molecule has 5 nitrogen and oxygen atoms in total. The maximum Gasteiger partial charge on any atom is 0.257 e. The quantitative estimate of drug-likeness (QED) is 0.610. The number of carbonyl (C=O) groups is 1. The topological polar surface area (TPSA) is 74.8 Å². The van der Waals surface area contributed by atoms with Gasteiger partial charge in [-0.05, 0) is 31.9 Å². The Kier molecular flexibility index (Phi) is 4.52. The van der Waals surface area contributed by atoms with E-state index in [1.807, 2.05) is 19.1 Å². The summed E-state index contributed by atoms with van der Waals surface area (Å²) in [4.78, 5) is 35.5. The minimum atomic E-state index is -0.318. The number of H-pyrrole nitrogens is 1. The lowest BCUT2D eigenvalue weighted by molar-refractivity contribution is -0.116. The normalized spacial score (nSPS) is 19.4. The molecule has 0 spiro atoms. The summed E-state index contributed by atoms with van der Waals surface area (Å²) in [7, 11) is 0. The Morgan fingerprint density at radius 2 is 2.08 bits per heavy atom. The number of aromatic nitrogens is 2. The molecule has 1 aliphatic carbocycles. The van der Waals surface area contributed by atoms with Crippen molar-refractivity contribution in [2.24, 2.45) is 0 Å². The average molecular weight is 388 g/mol. The fourth-order valence-corrected chi connectivity index (χ4v) is 5.35. The predicted molar refractivity (Wildman–Crippen MR) is 106 cm³/mol. The summed E-state index contributed by atoms with van der Waals surface area (Å²) >= 11 is 3.17. The van der Waals surface area contributed by atoms with Crippen molar-refractivity contribution >= 4 is 34.7 Å². The lowest BCUT2D eigenvalue weighted by Gasteiger charge is -2.32. The molecule has 26 heavy (non-hydrogen) atoms. The summed E-state index contributed by atoms with van der Waals surface area (Å²) < 4.78 is 0. The largest absolute Gasteiger partial charge is 0.343 e. The van der Waals surface area contributed by atoms with Crippen LogP contribution in [-0.4, -0.2) is 21.0 Å². The van der Waals surface area contributed by atoms with Gasteiger partial charge in [0, 0.05) is 32.7 Å². The third kappa shape index (κ3) is 3.03. The number of aromatic amines is 1. The number of aryl methyl sites for hydroxylation is 1. The van der Waals surface area contributed by atoms with E-state index in [9.17, 15) is 9.59 Å². The molecule has 3 heterocycles. The second-order valence-corrected chi connectivity index (χ2v) is 9.86. The molecule has 0 saturated carbocycles. The van der Waals surface area contributed by atoms with E-state index in [1.54, 1.807) is 11.3 Å². The third-order valence-electron chi connectivity index (χ3n) is 4.63. The highest BCUT2D eigenvalue weighted by atomic mass is 32.2. The molecule has 2 N–H and O–H groups in total. The van der Waals surface area contributed by atoms with Crippen molar-refractivity contribution in [2.45, 2.75) is 56.4 Å². The van der Waals surface area contributed by atoms with Crippen molar-refractivity contribution in [1.82, 2.24) is 9.97 Å². The number of allylic oxidation sites excluding steroid dienone is 2. The van der Waals surface area contributed by atoms with Crippen LogP contribution in [0, 0.1) is 6.92 Å². The van der Waals surface area contributed by atoms with Crippen LogP contribution in [0.25, 0.3) is 0 Å². The zero-order valence-electron chi connectivity index (χ0n) is 15.0. The molecule has 0 fully saturated rings. The number of thioether (sulfide) groups is 1. The number of ketones is 1. The van der Waals surface area contributed by atoms with Gasteiger partial charge in [0.15, 0.2) is 10.9 Å². The van der Waals surface area contributed by atoms with Gasteiger partial charge in [0.2, 0.25) is 0 Å². The number of hydrogen-bond donors (Lipinski definition) is 2. The van der Waals surface area contributed by atoms with E-state index in [2.05, 4.69) is 29.1 Å². The summed E-state index contributed by atoms with van der Waals surface area (Å²) in [5.41, 5.74) is 2.09. The zero-order valence-corrected chi connectivity index (χ0v) is 16.6. The van der Waals surface area contributed by atoms with Gasteiger partial charge < -0.3 is 10.3 Å². The highest BCUT2D eigenvalue weighted by Crippen LogP contribution is 2.45. The van der Waals surface area contributed by atoms with E-state index >= 15 is 0 Å². The van der Waals surface area contributed by atoms with Crippen molar-refractivity contribution in [1.29, 1.82) is 0 Å². The fourth-order valence-electron chi connectivity index (χ4n) is 3.61. The molecule has 0 radical (unpaired) electrons. The van der Waals surface area contributed by atoms with E-state index in [4.69, 9.17) is 0 Å². The standard InChI is InChI=1S/C19H21N3O2S2/c1-9(2)25-19-21-17-16(18(24)22-19)15(13-8-7-10(3)26-13)14-11(20-17)5-4-6-12(14)23/h7-9,15H,4-6H2,1-3H3,(H2,20,21,22,24). The summed E-state index contributed by atoms with van der Waals surface area (Å²) in [6, 6.07) is 4.07. The van der Waals surface area contributed by atoms with Gasteiger partial charge in [0.05, 0.1) is 11.5 Å². The van der Waals surface area contributed by atoms with Gasteiger partial charge in [-0.1, -0.05) is 25.6 Å². The van der Waals surface area contributed by atoms with Crippen LogP contribution in [0.3, 0.4) is 0 Å². The number of rotatable bonds is 3. The van der Waals surface area contributed by atoms with Crippen LogP contribution < -0.4 is 10.9 Å². The van der Waals surface area contributed by atoms with Gasteiger partial charge in [-0.2, -0.15) is 0 Å². The van der Waals surface area contributed by atoms with Crippen LogP contribution in [0.5, 0.6) is 0 Å². The van der Waals surface area contributed by atoms with Crippen LogP contribution in [0.2, 0.25) is 0 Å². The Bertz CT molecular complexity index is 971. The molecular weight excluding hydrogens is 366 g/mol. The van der Waals surface area contributed by atoms with Crippen LogP contribution in [0.15, 0.2) is 33.4 Å². The molecule has 2 aliphatic rings. The lowest BCUT2D eigenvalue weighted by Crippen LogP contribution is -2.32. The number of nitrogens with zero attached hydrogens (tertiary/aromatic N) is 1. The summed E-state index contributed by atoms with van der Waals surface area (Å²) in [6.07, 6.45) is 2.21. The molecule has 0 aromatic carbocycles. The Labute approximate surface area is 160 Å². The van der Waals surface area contributed by atoms with Gasteiger partial charge in [0.1, 0.15) is 5.82 Å². The van der Waals surface area contributed by atoms with Crippen LogP contribution in [0.4, 0.5) is 5.82 Å². The molecule has 1 atom stereocenters. The second-order valence-electron chi connectivity index (χ2n) is 6.98. The first-order valence-corrected chi connectivity index (χ1v) is 10.5. The average Bonchev–Trinajstić information content (AvgIpc) is 2.98. The number of anilines is 1. The maximum absolute atomic E-state index is 13.0. The Morgan fingerprint density at radius 1 is 1.27 bits per heavy atom. The molecule has 7 heteroatoms. The van der Waals surface area contributed by atoms with Crippen molar-refractivity contribution in [3.8, 4) is 0 Å². The Balaban J connectivity index is 1.92. The van der Waals surface area contributed by atoms with Crippen molar-refractivity contribution in [2.75, 3.05) is 5.32 Å². The number of carbonyl (C=O) groups excluding carboxylic acids is 1. The molecule has 1 aliphatic heterocycles. The van der Waals surface area contributed by atoms with Gasteiger partial charge >= 0.3 is 0 Å². The first kappa shape index (κ1) is 17.5. The SMILES string of the molecule is Cc1ccc(C2C3=C(CCCC3=O)Nc3nc(SC(C)C)[nH]c(=O)c32)s1. The first-order valence-electron chi connectivity index (χ1n) is 8.84. The summed E-state index contributed by atoms with van der Waals surface area (Å²) in [6.45, 7) is 6.17. The Hall–Kier alpha value is -1.86. The van der Waals surface area contributed by atoms with Crippen molar-refractivity contribution in [3.63, 3.8) is 0 Å². The fraction of sp³-hybridized carbons (Fsp3) is 0.421. The number of nitrogens with one attached hydrogen (secondary N) is 2. The van der Waals surface area contributed by atoms with Crippen molar-refractivity contribution in [3.05, 3.63) is 49.1 Å². The number of thiophene rings is 1. The minimum absolute atomic E-state index is 0.139. The molecule has 4 rings (SSSR count). The lowest BCUT2D eigenvalue weighted by atomic mass is 9.79. The van der Waals surface area contributed by atoms with Gasteiger partial charge in [-0.3, -0.25) is 9.59 Å². The Morgan fingerprint density at radius 3 is 2.77 bits per heavy atom. The number of hydrogen-bond acceptors (Lipinski definition) is 6. The number of fused-ring (bicyclic) bond motifs is 1. The molecule has 0 saturated heterocycles. The zero-order chi connectivity index (χ0) is 18.4. The van der Waals surface area contributed by atoms with Crippen molar-refractivity contribution < 1.29 is 4.79 Å². The smallest absolute Gasteiger partial charge is 0.257 e. The van der Waals surface area contributed by atoms with Crippen LogP contribution in [0.1, 0.15) is 54.3 Å². The van der Waals surface area contributed by atoms with E-state index in [0.717, 1.165) is 29.0 Å². The summed E-state index contributed by atoms with van der Waals surface area (Å²) in [5.74, 6) is 0.420. The highest BCUT2D eigenvalue weighted by molar-refractivity contribution is 7.99. The van der Waals surface area contributed by atoms with Gasteiger partial charge in [-0.25, -0.2) is 4.98 Å². The molecule has 2 aromatic rings. The molecule has 2 aromatic heterocycles. The second kappa shape index (κ2) is 6.70. The van der Waals surface area contributed by atoms with Gasteiger partial charge in [0.25, 0.3) is 5.56 Å². The molecular formula is C19H21N3O2S2. The molecule has 0 amide bonds. The highest BCUT2D eigenvalue weighted by Gasteiger charge is 2.38. The molecule has 136 valence electrons. The maximum atomic E-state index is 13.0. The molecule has 0 bridgehead atoms.